The number of benzene rings is 1. The van der Waals surface area contributed by atoms with Gasteiger partial charge in [0.15, 0.2) is 0 Å². The highest BCUT2D eigenvalue weighted by atomic mass is 19.1. The molecule has 1 aromatic carbocycles. The molecule has 104 valence electrons. The van der Waals surface area contributed by atoms with E-state index in [2.05, 4.69) is 12.2 Å². The second kappa shape index (κ2) is 5.47. The number of carboxylic acid groups (broad SMARTS) is 1. The van der Waals surface area contributed by atoms with E-state index in [0.717, 1.165) is 12.5 Å². The highest BCUT2D eigenvalue weighted by molar-refractivity contribution is 5.94. The molecule has 0 aromatic heterocycles. The molecule has 5 heteroatoms. The van der Waals surface area contributed by atoms with Gasteiger partial charge < -0.3 is 16.2 Å². The van der Waals surface area contributed by atoms with Gasteiger partial charge in [0, 0.05) is 12.2 Å². The van der Waals surface area contributed by atoms with Crippen molar-refractivity contribution in [3.63, 3.8) is 0 Å². The quantitative estimate of drug-likeness (QED) is 0.732. The van der Waals surface area contributed by atoms with E-state index in [1.807, 2.05) is 0 Å². The summed E-state index contributed by atoms with van der Waals surface area (Å²) in [6.07, 6.45) is 3.55. The summed E-state index contributed by atoms with van der Waals surface area (Å²) < 4.78 is 13.7. The van der Waals surface area contributed by atoms with Gasteiger partial charge in [-0.05, 0) is 30.4 Å². The normalized spacial score (nSPS) is 22.4. The first-order valence-corrected chi connectivity index (χ1v) is 6.55. The van der Waals surface area contributed by atoms with Crippen molar-refractivity contribution in [2.45, 2.75) is 26.2 Å². The SMILES string of the molecule is CC1CCCC1CNc1cc(C(=O)O)c(N)cc1F. The van der Waals surface area contributed by atoms with Crippen molar-refractivity contribution in [2.75, 3.05) is 17.6 Å². The Morgan fingerprint density at radius 3 is 2.84 bits per heavy atom. The first-order chi connectivity index (χ1) is 8.99. The molecule has 2 rings (SSSR count). The van der Waals surface area contributed by atoms with Crippen LogP contribution in [0.15, 0.2) is 12.1 Å². The van der Waals surface area contributed by atoms with E-state index < -0.39 is 11.8 Å². The lowest BCUT2D eigenvalue weighted by molar-refractivity contribution is 0.0698. The Balaban J connectivity index is 2.11. The molecule has 1 aliphatic carbocycles. The summed E-state index contributed by atoms with van der Waals surface area (Å²) in [5, 5.41) is 12.0. The van der Waals surface area contributed by atoms with Gasteiger partial charge in [-0.15, -0.1) is 0 Å². The van der Waals surface area contributed by atoms with Crippen LogP contribution < -0.4 is 11.1 Å². The van der Waals surface area contributed by atoms with Crippen LogP contribution in [0.4, 0.5) is 15.8 Å². The molecule has 4 nitrogen and oxygen atoms in total. The predicted molar refractivity (Wildman–Crippen MR) is 72.8 cm³/mol. The number of nitrogen functional groups attached to an aromatic ring is 1. The minimum absolute atomic E-state index is 0.0511. The Hall–Kier alpha value is -1.78. The van der Waals surface area contributed by atoms with Crippen LogP contribution in [0.5, 0.6) is 0 Å². The minimum Gasteiger partial charge on any atom is -0.478 e. The Morgan fingerprint density at radius 1 is 1.53 bits per heavy atom. The van der Waals surface area contributed by atoms with Crippen LogP contribution in [0.25, 0.3) is 0 Å². The molecule has 0 bridgehead atoms. The summed E-state index contributed by atoms with van der Waals surface area (Å²) in [6, 6.07) is 2.33. The van der Waals surface area contributed by atoms with Crippen molar-refractivity contribution in [2.24, 2.45) is 11.8 Å². The molecule has 0 heterocycles. The first kappa shape index (κ1) is 13.6. The third kappa shape index (κ3) is 2.97. The van der Waals surface area contributed by atoms with Crippen LogP contribution in [0.2, 0.25) is 0 Å². The van der Waals surface area contributed by atoms with Crippen LogP contribution in [-0.4, -0.2) is 17.6 Å². The van der Waals surface area contributed by atoms with E-state index >= 15 is 0 Å². The molecule has 2 unspecified atom stereocenters. The Kier molecular flexibility index (Phi) is 3.93. The lowest BCUT2D eigenvalue weighted by Crippen LogP contribution is -2.17. The van der Waals surface area contributed by atoms with Gasteiger partial charge >= 0.3 is 5.97 Å². The number of hydrogen-bond acceptors (Lipinski definition) is 3. The van der Waals surface area contributed by atoms with Crippen LogP contribution in [0.3, 0.4) is 0 Å². The van der Waals surface area contributed by atoms with Crippen molar-refractivity contribution in [1.82, 2.24) is 0 Å². The molecule has 1 aliphatic rings. The number of carboxylic acids is 1. The van der Waals surface area contributed by atoms with Gasteiger partial charge in [0.05, 0.1) is 11.3 Å². The second-order valence-electron chi connectivity index (χ2n) is 5.27. The van der Waals surface area contributed by atoms with Crippen LogP contribution >= 0.6 is 0 Å². The maximum Gasteiger partial charge on any atom is 0.337 e. The van der Waals surface area contributed by atoms with E-state index in [4.69, 9.17) is 10.8 Å². The van der Waals surface area contributed by atoms with E-state index in [1.165, 1.54) is 18.9 Å². The second-order valence-corrected chi connectivity index (χ2v) is 5.27. The maximum atomic E-state index is 13.7. The standard InChI is InChI=1S/C14H19FN2O2/c1-8-3-2-4-9(8)7-17-13-5-10(14(18)19)12(16)6-11(13)15/h5-6,8-9,17H,2-4,7,16H2,1H3,(H,18,19). The Bertz CT molecular complexity index is 491. The van der Waals surface area contributed by atoms with Gasteiger partial charge in [-0.2, -0.15) is 0 Å². The molecule has 2 atom stereocenters. The molecule has 0 radical (unpaired) electrons. The van der Waals surface area contributed by atoms with E-state index in [0.29, 0.717) is 18.4 Å². The lowest BCUT2D eigenvalue weighted by Gasteiger charge is -2.17. The molecule has 0 saturated heterocycles. The summed E-state index contributed by atoms with van der Waals surface area (Å²) in [5.74, 6) is -0.503. The van der Waals surface area contributed by atoms with Gasteiger partial charge in [-0.3, -0.25) is 0 Å². The fourth-order valence-corrected chi connectivity index (χ4v) is 2.68. The Morgan fingerprint density at radius 2 is 2.26 bits per heavy atom. The number of hydrogen-bond donors (Lipinski definition) is 3. The number of nitrogens with two attached hydrogens (primary N) is 1. The number of carbonyl (C=O) groups is 1. The molecular weight excluding hydrogens is 247 g/mol. The molecule has 0 amide bonds. The first-order valence-electron chi connectivity index (χ1n) is 6.55. The van der Waals surface area contributed by atoms with Gasteiger partial charge in [0.25, 0.3) is 0 Å². The zero-order valence-electron chi connectivity index (χ0n) is 10.9. The summed E-state index contributed by atoms with van der Waals surface area (Å²) >= 11 is 0. The van der Waals surface area contributed by atoms with Crippen LogP contribution in [0, 0.1) is 17.7 Å². The van der Waals surface area contributed by atoms with E-state index in [1.54, 1.807) is 0 Å². The van der Waals surface area contributed by atoms with Gasteiger partial charge in [0.2, 0.25) is 0 Å². The van der Waals surface area contributed by atoms with Crippen molar-refractivity contribution in [3.8, 4) is 0 Å². The summed E-state index contributed by atoms with van der Waals surface area (Å²) in [5.41, 5.74) is 5.58. The van der Waals surface area contributed by atoms with Gasteiger partial charge in [0.1, 0.15) is 5.82 Å². The number of aromatic carboxylic acids is 1. The number of anilines is 2. The highest BCUT2D eigenvalue weighted by Crippen LogP contribution is 2.31. The van der Waals surface area contributed by atoms with E-state index in [-0.39, 0.29) is 16.9 Å². The van der Waals surface area contributed by atoms with Crippen LogP contribution in [0.1, 0.15) is 36.5 Å². The topological polar surface area (TPSA) is 75.3 Å². The summed E-state index contributed by atoms with van der Waals surface area (Å²) in [7, 11) is 0. The third-order valence-electron chi connectivity index (χ3n) is 3.96. The summed E-state index contributed by atoms with van der Waals surface area (Å²) in [6.45, 7) is 2.86. The van der Waals surface area contributed by atoms with Gasteiger partial charge in [-0.25, -0.2) is 9.18 Å². The largest absolute Gasteiger partial charge is 0.478 e. The fraction of sp³-hybridized carbons (Fsp3) is 0.500. The predicted octanol–water partition coefficient (Wildman–Crippen LogP) is 2.95. The highest BCUT2D eigenvalue weighted by Gasteiger charge is 2.23. The zero-order chi connectivity index (χ0) is 14.0. The molecule has 1 saturated carbocycles. The fourth-order valence-electron chi connectivity index (χ4n) is 2.68. The minimum atomic E-state index is -1.14. The molecule has 4 N–H and O–H groups in total. The van der Waals surface area contributed by atoms with Crippen molar-refractivity contribution >= 4 is 17.3 Å². The van der Waals surface area contributed by atoms with Crippen molar-refractivity contribution < 1.29 is 14.3 Å². The van der Waals surface area contributed by atoms with Crippen molar-refractivity contribution in [3.05, 3.63) is 23.5 Å². The number of halogens is 1. The van der Waals surface area contributed by atoms with E-state index in [9.17, 15) is 9.18 Å². The Labute approximate surface area is 111 Å². The molecular formula is C14H19FN2O2. The smallest absolute Gasteiger partial charge is 0.337 e. The molecule has 1 aromatic rings. The zero-order valence-corrected chi connectivity index (χ0v) is 10.9. The maximum absolute atomic E-state index is 13.7. The number of nitrogens with one attached hydrogen (secondary N) is 1. The average Bonchev–Trinajstić information content (AvgIpc) is 2.73. The summed E-state index contributed by atoms with van der Waals surface area (Å²) in [4.78, 5) is 11.0. The third-order valence-corrected chi connectivity index (χ3v) is 3.96. The molecule has 1 fully saturated rings. The lowest BCUT2D eigenvalue weighted by atomic mass is 9.98. The van der Waals surface area contributed by atoms with Crippen LogP contribution in [-0.2, 0) is 0 Å². The molecule has 0 spiro atoms. The molecule has 0 aliphatic heterocycles. The molecule has 19 heavy (non-hydrogen) atoms. The van der Waals surface area contributed by atoms with Gasteiger partial charge in [-0.1, -0.05) is 19.8 Å². The number of rotatable bonds is 4. The van der Waals surface area contributed by atoms with Crippen molar-refractivity contribution in [1.29, 1.82) is 0 Å². The monoisotopic (exact) mass is 266 g/mol. The average molecular weight is 266 g/mol.